The Balaban J connectivity index is 2.17. The molecular weight excluding hydrogens is 230 g/mol. The molecule has 0 saturated carbocycles. The highest BCUT2D eigenvalue weighted by atomic mass is 16.5. The van der Waals surface area contributed by atoms with E-state index in [1.54, 1.807) is 6.92 Å². The predicted molar refractivity (Wildman–Crippen MR) is 66.4 cm³/mol. The van der Waals surface area contributed by atoms with Gasteiger partial charge in [-0.15, -0.1) is 0 Å². The summed E-state index contributed by atoms with van der Waals surface area (Å²) in [5, 5.41) is 0. The lowest BCUT2D eigenvalue weighted by Gasteiger charge is -2.06. The number of rotatable bonds is 4. The lowest BCUT2D eigenvalue weighted by atomic mass is 10.0. The van der Waals surface area contributed by atoms with E-state index in [1.807, 2.05) is 37.3 Å². The van der Waals surface area contributed by atoms with Crippen LogP contribution in [0.3, 0.4) is 0 Å². The minimum Gasteiger partial charge on any atom is -0.460 e. The van der Waals surface area contributed by atoms with Crippen molar-refractivity contribution in [1.29, 1.82) is 0 Å². The number of esters is 1. The highest BCUT2D eigenvalue weighted by Gasteiger charge is 2.18. The average molecular weight is 245 g/mol. The normalized spacial score (nSPS) is 12.1. The summed E-state index contributed by atoms with van der Waals surface area (Å²) < 4.78 is 10.3. The SMILES string of the molecule is CCOC(=O)c1cnc([C@@H](C)c2ccccc2)o1. The molecule has 0 bridgehead atoms. The van der Waals surface area contributed by atoms with Crippen LogP contribution in [0.1, 0.15) is 41.8 Å². The van der Waals surface area contributed by atoms with Gasteiger partial charge in [-0.05, 0) is 19.4 Å². The van der Waals surface area contributed by atoms with E-state index in [0.717, 1.165) is 5.56 Å². The van der Waals surface area contributed by atoms with Crippen molar-refractivity contribution in [3.63, 3.8) is 0 Å². The molecule has 0 aliphatic heterocycles. The zero-order valence-corrected chi connectivity index (χ0v) is 10.4. The van der Waals surface area contributed by atoms with E-state index in [4.69, 9.17) is 9.15 Å². The van der Waals surface area contributed by atoms with E-state index in [0.29, 0.717) is 12.5 Å². The number of carbonyl (C=O) groups excluding carboxylic acids is 1. The molecule has 0 spiro atoms. The second-order valence-corrected chi connectivity index (χ2v) is 3.92. The summed E-state index contributed by atoms with van der Waals surface area (Å²) in [5.74, 6) is 0.199. The van der Waals surface area contributed by atoms with Crippen LogP contribution in [0.25, 0.3) is 0 Å². The van der Waals surface area contributed by atoms with Gasteiger partial charge >= 0.3 is 5.97 Å². The standard InChI is InChI=1S/C14H15NO3/c1-3-17-14(16)12-9-15-13(18-12)10(2)11-7-5-4-6-8-11/h4-10H,3H2,1-2H3/t10-/m0/s1. The van der Waals surface area contributed by atoms with Gasteiger partial charge in [-0.3, -0.25) is 0 Å². The Kier molecular flexibility index (Phi) is 3.77. The summed E-state index contributed by atoms with van der Waals surface area (Å²) in [4.78, 5) is 15.6. The molecular formula is C14H15NO3. The van der Waals surface area contributed by atoms with Crippen LogP contribution < -0.4 is 0 Å². The van der Waals surface area contributed by atoms with Gasteiger partial charge in [0.2, 0.25) is 11.7 Å². The van der Waals surface area contributed by atoms with Gasteiger partial charge in [-0.2, -0.15) is 0 Å². The van der Waals surface area contributed by atoms with E-state index in [1.165, 1.54) is 6.20 Å². The lowest BCUT2D eigenvalue weighted by Crippen LogP contribution is -2.02. The number of oxazole rings is 1. The van der Waals surface area contributed by atoms with Crippen LogP contribution in [-0.4, -0.2) is 17.6 Å². The van der Waals surface area contributed by atoms with Gasteiger partial charge in [0.05, 0.1) is 18.7 Å². The molecule has 2 aromatic rings. The molecule has 0 radical (unpaired) electrons. The molecule has 1 aromatic heterocycles. The first-order valence-corrected chi connectivity index (χ1v) is 5.90. The zero-order valence-electron chi connectivity index (χ0n) is 10.4. The van der Waals surface area contributed by atoms with Crippen LogP contribution in [0.2, 0.25) is 0 Å². The monoisotopic (exact) mass is 245 g/mol. The number of nitrogens with zero attached hydrogens (tertiary/aromatic N) is 1. The molecule has 94 valence electrons. The number of hydrogen-bond acceptors (Lipinski definition) is 4. The van der Waals surface area contributed by atoms with Gasteiger partial charge in [-0.1, -0.05) is 30.3 Å². The third-order valence-electron chi connectivity index (χ3n) is 2.67. The van der Waals surface area contributed by atoms with Gasteiger partial charge in [0.1, 0.15) is 0 Å². The van der Waals surface area contributed by atoms with Crippen molar-refractivity contribution < 1.29 is 13.9 Å². The quantitative estimate of drug-likeness (QED) is 0.777. The molecule has 0 amide bonds. The highest BCUT2D eigenvalue weighted by molar-refractivity contribution is 5.85. The minimum atomic E-state index is -0.475. The highest BCUT2D eigenvalue weighted by Crippen LogP contribution is 2.23. The molecule has 0 N–H and O–H groups in total. The van der Waals surface area contributed by atoms with Crippen molar-refractivity contribution in [3.05, 3.63) is 53.7 Å². The Morgan fingerprint density at radius 2 is 2.11 bits per heavy atom. The van der Waals surface area contributed by atoms with E-state index < -0.39 is 5.97 Å². The molecule has 1 aromatic carbocycles. The summed E-state index contributed by atoms with van der Waals surface area (Å²) >= 11 is 0. The fourth-order valence-electron chi connectivity index (χ4n) is 1.67. The summed E-state index contributed by atoms with van der Waals surface area (Å²) in [6.45, 7) is 4.06. The molecule has 1 heterocycles. The minimum absolute atomic E-state index is 0.00868. The molecule has 0 aliphatic rings. The molecule has 4 nitrogen and oxygen atoms in total. The summed E-state index contributed by atoms with van der Waals surface area (Å²) in [7, 11) is 0. The predicted octanol–water partition coefficient (Wildman–Crippen LogP) is 3.00. The molecule has 18 heavy (non-hydrogen) atoms. The van der Waals surface area contributed by atoms with Crippen molar-refractivity contribution in [1.82, 2.24) is 4.98 Å². The first-order valence-electron chi connectivity index (χ1n) is 5.90. The number of benzene rings is 1. The maximum absolute atomic E-state index is 11.5. The second kappa shape index (κ2) is 5.49. The van der Waals surface area contributed by atoms with E-state index >= 15 is 0 Å². The van der Waals surface area contributed by atoms with Gasteiger partial charge in [0, 0.05) is 0 Å². The third kappa shape index (κ3) is 2.59. The van der Waals surface area contributed by atoms with Gasteiger partial charge < -0.3 is 9.15 Å². The maximum atomic E-state index is 11.5. The average Bonchev–Trinajstić information content (AvgIpc) is 2.89. The Labute approximate surface area is 106 Å². The van der Waals surface area contributed by atoms with Crippen LogP contribution in [-0.2, 0) is 4.74 Å². The van der Waals surface area contributed by atoms with Crippen LogP contribution in [0, 0.1) is 0 Å². The number of ether oxygens (including phenoxy) is 1. The van der Waals surface area contributed by atoms with Crippen molar-refractivity contribution in [2.75, 3.05) is 6.61 Å². The van der Waals surface area contributed by atoms with Crippen molar-refractivity contribution in [2.24, 2.45) is 0 Å². The lowest BCUT2D eigenvalue weighted by molar-refractivity contribution is 0.0488. The summed E-state index contributed by atoms with van der Waals surface area (Å²) in [6, 6.07) is 9.87. The van der Waals surface area contributed by atoms with Crippen LogP contribution >= 0.6 is 0 Å². The van der Waals surface area contributed by atoms with Gasteiger partial charge in [0.15, 0.2) is 0 Å². The Hall–Kier alpha value is -2.10. The first-order chi connectivity index (χ1) is 8.72. The van der Waals surface area contributed by atoms with Crippen molar-refractivity contribution >= 4 is 5.97 Å². The fourth-order valence-corrected chi connectivity index (χ4v) is 1.67. The second-order valence-electron chi connectivity index (χ2n) is 3.92. The van der Waals surface area contributed by atoms with E-state index in [9.17, 15) is 4.79 Å². The van der Waals surface area contributed by atoms with E-state index in [-0.39, 0.29) is 11.7 Å². The topological polar surface area (TPSA) is 52.3 Å². The van der Waals surface area contributed by atoms with Crippen molar-refractivity contribution in [3.8, 4) is 0 Å². The summed E-state index contributed by atoms with van der Waals surface area (Å²) in [5.41, 5.74) is 1.09. The molecule has 0 aliphatic carbocycles. The Morgan fingerprint density at radius 1 is 1.39 bits per heavy atom. The molecule has 0 fully saturated rings. The van der Waals surface area contributed by atoms with Crippen LogP contribution in [0.15, 0.2) is 40.9 Å². The molecule has 0 unspecified atom stereocenters. The van der Waals surface area contributed by atoms with E-state index in [2.05, 4.69) is 4.98 Å². The number of carbonyl (C=O) groups is 1. The van der Waals surface area contributed by atoms with Crippen LogP contribution in [0.4, 0.5) is 0 Å². The zero-order chi connectivity index (χ0) is 13.0. The van der Waals surface area contributed by atoms with Gasteiger partial charge in [0.25, 0.3) is 0 Å². The molecule has 1 atom stereocenters. The molecule has 0 saturated heterocycles. The molecule has 4 heteroatoms. The number of aromatic nitrogens is 1. The third-order valence-corrected chi connectivity index (χ3v) is 2.67. The molecule has 2 rings (SSSR count). The Bertz CT molecular complexity index is 519. The summed E-state index contributed by atoms with van der Waals surface area (Å²) in [6.07, 6.45) is 1.41. The van der Waals surface area contributed by atoms with Crippen LogP contribution in [0.5, 0.6) is 0 Å². The van der Waals surface area contributed by atoms with Gasteiger partial charge in [-0.25, -0.2) is 9.78 Å². The Morgan fingerprint density at radius 3 is 2.78 bits per heavy atom. The largest absolute Gasteiger partial charge is 0.460 e. The number of hydrogen-bond donors (Lipinski definition) is 0. The smallest absolute Gasteiger partial charge is 0.375 e. The fraction of sp³-hybridized carbons (Fsp3) is 0.286. The van der Waals surface area contributed by atoms with Crippen molar-refractivity contribution in [2.45, 2.75) is 19.8 Å². The first kappa shape index (κ1) is 12.4. The maximum Gasteiger partial charge on any atom is 0.375 e.